The molecule has 0 saturated carbocycles. The van der Waals surface area contributed by atoms with Crippen molar-refractivity contribution in [3.8, 4) is 0 Å². The largest absolute Gasteiger partial charge is 0.310 e. The van der Waals surface area contributed by atoms with E-state index in [2.05, 4.69) is 25.3 Å². The van der Waals surface area contributed by atoms with Crippen molar-refractivity contribution in [1.29, 1.82) is 0 Å². The van der Waals surface area contributed by atoms with E-state index in [0.717, 1.165) is 32.5 Å². The molecule has 122 valence electrons. The molecule has 23 heavy (non-hydrogen) atoms. The lowest BCUT2D eigenvalue weighted by atomic mass is 9.98. The molecular formula is C15H19ClN6O. The fraction of sp³-hybridized carbons (Fsp3) is 0.467. The summed E-state index contributed by atoms with van der Waals surface area (Å²) in [5.41, 5.74) is 0. The summed E-state index contributed by atoms with van der Waals surface area (Å²) in [6.45, 7) is 3.05. The summed E-state index contributed by atoms with van der Waals surface area (Å²) < 4.78 is 1.85. The normalized spacial score (nSPS) is 18.7. The molecule has 1 amide bonds. The number of halogens is 1. The minimum absolute atomic E-state index is 0.0544. The van der Waals surface area contributed by atoms with Crippen molar-refractivity contribution in [1.82, 2.24) is 24.6 Å². The van der Waals surface area contributed by atoms with Gasteiger partial charge in [0, 0.05) is 19.3 Å². The highest BCUT2D eigenvalue weighted by molar-refractivity contribution is 6.30. The smallest absolute Gasteiger partial charge is 0.239 e. The van der Waals surface area contributed by atoms with Crippen molar-refractivity contribution >= 4 is 23.3 Å². The van der Waals surface area contributed by atoms with E-state index >= 15 is 0 Å². The van der Waals surface area contributed by atoms with Crippen molar-refractivity contribution in [2.75, 3.05) is 25.0 Å². The summed E-state index contributed by atoms with van der Waals surface area (Å²) in [6, 6.07) is 3.41. The number of anilines is 1. The van der Waals surface area contributed by atoms with Gasteiger partial charge in [0.2, 0.25) is 5.91 Å². The average Bonchev–Trinajstić information content (AvgIpc) is 3.03. The molecule has 7 nitrogen and oxygen atoms in total. The summed E-state index contributed by atoms with van der Waals surface area (Å²) in [5.74, 6) is 0.962. The Morgan fingerprint density at radius 1 is 1.43 bits per heavy atom. The number of piperidine rings is 1. The monoisotopic (exact) mass is 334 g/mol. The molecule has 0 aromatic carbocycles. The van der Waals surface area contributed by atoms with Gasteiger partial charge in [-0.05, 0) is 37.4 Å². The predicted molar refractivity (Wildman–Crippen MR) is 87.1 cm³/mol. The van der Waals surface area contributed by atoms with E-state index in [1.54, 1.807) is 24.8 Å². The fourth-order valence-corrected chi connectivity index (χ4v) is 2.98. The summed E-state index contributed by atoms with van der Waals surface area (Å²) >= 11 is 5.78. The van der Waals surface area contributed by atoms with Crippen LogP contribution in [0.15, 0.2) is 31.0 Å². The Bertz CT molecular complexity index is 630. The topological polar surface area (TPSA) is 75.9 Å². The van der Waals surface area contributed by atoms with Gasteiger partial charge in [-0.3, -0.25) is 14.4 Å². The third-order valence-electron chi connectivity index (χ3n) is 3.88. The van der Waals surface area contributed by atoms with Crippen molar-refractivity contribution in [2.45, 2.75) is 19.4 Å². The van der Waals surface area contributed by atoms with E-state index < -0.39 is 0 Å². The number of pyridine rings is 1. The third-order valence-corrected chi connectivity index (χ3v) is 4.10. The molecule has 1 unspecified atom stereocenters. The quantitative estimate of drug-likeness (QED) is 0.900. The van der Waals surface area contributed by atoms with Gasteiger partial charge in [-0.2, -0.15) is 5.10 Å². The van der Waals surface area contributed by atoms with E-state index in [1.807, 2.05) is 4.68 Å². The maximum Gasteiger partial charge on any atom is 0.239 e. The number of rotatable bonds is 5. The van der Waals surface area contributed by atoms with Crippen LogP contribution in [0.2, 0.25) is 5.02 Å². The van der Waals surface area contributed by atoms with E-state index in [9.17, 15) is 4.79 Å². The molecule has 8 heteroatoms. The zero-order valence-electron chi connectivity index (χ0n) is 12.7. The Hall–Kier alpha value is -1.99. The SMILES string of the molecule is O=C(CN1CCCC(Cn2cncn2)C1)Nc1ccc(Cl)cn1. The number of hydrogen-bond acceptors (Lipinski definition) is 5. The molecule has 1 fully saturated rings. The lowest BCUT2D eigenvalue weighted by Gasteiger charge is -2.32. The van der Waals surface area contributed by atoms with Crippen LogP contribution in [0.25, 0.3) is 0 Å². The van der Waals surface area contributed by atoms with Crippen molar-refractivity contribution in [3.05, 3.63) is 36.0 Å². The van der Waals surface area contributed by atoms with Crippen LogP contribution in [0.4, 0.5) is 5.82 Å². The third kappa shape index (κ3) is 4.74. The number of nitrogens with one attached hydrogen (secondary N) is 1. The Kier molecular flexibility index (Phi) is 5.19. The highest BCUT2D eigenvalue weighted by Gasteiger charge is 2.22. The van der Waals surface area contributed by atoms with Gasteiger partial charge < -0.3 is 5.32 Å². The first-order valence-corrected chi connectivity index (χ1v) is 8.03. The Balaban J connectivity index is 1.48. The Morgan fingerprint density at radius 3 is 3.09 bits per heavy atom. The van der Waals surface area contributed by atoms with Gasteiger partial charge in [0.15, 0.2) is 0 Å². The highest BCUT2D eigenvalue weighted by Crippen LogP contribution is 2.18. The van der Waals surface area contributed by atoms with Crippen LogP contribution < -0.4 is 5.32 Å². The molecule has 1 aliphatic heterocycles. The van der Waals surface area contributed by atoms with Crippen LogP contribution in [-0.4, -0.2) is 50.2 Å². The summed E-state index contributed by atoms with van der Waals surface area (Å²) in [4.78, 5) is 22.4. The van der Waals surface area contributed by atoms with Crippen LogP contribution in [0.5, 0.6) is 0 Å². The van der Waals surface area contributed by atoms with Crippen LogP contribution >= 0.6 is 11.6 Å². The Morgan fingerprint density at radius 2 is 2.35 bits per heavy atom. The first kappa shape index (κ1) is 15.9. The predicted octanol–water partition coefficient (Wildman–Crippen LogP) is 1.68. The van der Waals surface area contributed by atoms with Gasteiger partial charge in [-0.15, -0.1) is 0 Å². The van der Waals surface area contributed by atoms with Crippen molar-refractivity contribution in [3.63, 3.8) is 0 Å². The number of hydrogen-bond donors (Lipinski definition) is 1. The van der Waals surface area contributed by atoms with Gasteiger partial charge in [0.05, 0.1) is 11.6 Å². The zero-order valence-corrected chi connectivity index (χ0v) is 13.5. The lowest BCUT2D eigenvalue weighted by molar-refractivity contribution is -0.117. The van der Waals surface area contributed by atoms with Crippen LogP contribution in [0.1, 0.15) is 12.8 Å². The molecule has 2 aromatic rings. The van der Waals surface area contributed by atoms with Crippen molar-refractivity contribution in [2.24, 2.45) is 5.92 Å². The number of carbonyl (C=O) groups excluding carboxylic acids is 1. The van der Waals surface area contributed by atoms with E-state index in [1.165, 1.54) is 6.20 Å². The highest BCUT2D eigenvalue weighted by atomic mass is 35.5. The molecule has 1 saturated heterocycles. The second-order valence-corrected chi connectivity index (χ2v) is 6.21. The fourth-order valence-electron chi connectivity index (χ4n) is 2.87. The van der Waals surface area contributed by atoms with Crippen molar-refractivity contribution < 1.29 is 4.79 Å². The molecule has 0 spiro atoms. The second-order valence-electron chi connectivity index (χ2n) is 5.77. The van der Waals surface area contributed by atoms with E-state index in [4.69, 9.17) is 11.6 Å². The molecule has 0 bridgehead atoms. The molecule has 3 rings (SSSR count). The van der Waals surface area contributed by atoms with Gasteiger partial charge in [-0.1, -0.05) is 11.6 Å². The molecule has 0 radical (unpaired) electrons. The number of likely N-dealkylation sites (tertiary alicyclic amines) is 1. The number of carbonyl (C=O) groups is 1. The first-order valence-electron chi connectivity index (χ1n) is 7.65. The summed E-state index contributed by atoms with van der Waals surface area (Å²) in [5, 5.41) is 7.50. The van der Waals surface area contributed by atoms with E-state index in [-0.39, 0.29) is 5.91 Å². The first-order chi connectivity index (χ1) is 11.2. The maximum atomic E-state index is 12.1. The maximum absolute atomic E-state index is 12.1. The standard InChI is InChI=1S/C15H19ClN6O/c16-13-3-4-14(18-6-13)20-15(23)9-21-5-1-2-12(7-21)8-22-11-17-10-19-22/h3-4,6,10-12H,1-2,5,7-9H2,(H,18,20,23). The second kappa shape index (κ2) is 7.52. The molecule has 3 heterocycles. The zero-order chi connectivity index (χ0) is 16.1. The van der Waals surface area contributed by atoms with Crippen LogP contribution in [-0.2, 0) is 11.3 Å². The average molecular weight is 335 g/mol. The van der Waals surface area contributed by atoms with Gasteiger partial charge in [0.25, 0.3) is 0 Å². The van der Waals surface area contributed by atoms with Crippen LogP contribution in [0, 0.1) is 5.92 Å². The molecule has 0 aliphatic carbocycles. The van der Waals surface area contributed by atoms with Crippen LogP contribution in [0.3, 0.4) is 0 Å². The lowest BCUT2D eigenvalue weighted by Crippen LogP contribution is -2.41. The minimum atomic E-state index is -0.0544. The van der Waals surface area contributed by atoms with E-state index in [0.29, 0.717) is 23.3 Å². The minimum Gasteiger partial charge on any atom is -0.310 e. The van der Waals surface area contributed by atoms with Gasteiger partial charge >= 0.3 is 0 Å². The number of amides is 1. The molecule has 2 aromatic heterocycles. The van der Waals surface area contributed by atoms with Gasteiger partial charge in [-0.25, -0.2) is 9.97 Å². The molecule has 1 atom stereocenters. The van der Waals surface area contributed by atoms with Gasteiger partial charge in [0.1, 0.15) is 18.5 Å². The summed E-state index contributed by atoms with van der Waals surface area (Å²) in [7, 11) is 0. The molecule has 1 N–H and O–H groups in total. The molecule has 1 aliphatic rings. The summed E-state index contributed by atoms with van der Waals surface area (Å²) in [6.07, 6.45) is 7.04. The molecular weight excluding hydrogens is 316 g/mol. The Labute approximate surface area is 139 Å². The number of nitrogens with zero attached hydrogens (tertiary/aromatic N) is 5. The number of aromatic nitrogens is 4.